The first-order chi connectivity index (χ1) is 9.22. The van der Waals surface area contributed by atoms with E-state index >= 15 is 0 Å². The second kappa shape index (κ2) is 4.86. The van der Waals surface area contributed by atoms with E-state index in [0.717, 1.165) is 28.2 Å². The minimum Gasteiger partial charge on any atom is -0.325 e. The van der Waals surface area contributed by atoms with Crippen LogP contribution in [-0.4, -0.2) is 9.97 Å². The lowest BCUT2D eigenvalue weighted by molar-refractivity contribution is 1.19. The number of fused-ring (bicyclic) bond motifs is 1. The summed E-state index contributed by atoms with van der Waals surface area (Å²) in [5.41, 5.74) is 1.76. The van der Waals surface area contributed by atoms with Crippen molar-refractivity contribution < 1.29 is 0 Å². The molecule has 1 N–H and O–H groups in total. The molecule has 1 aromatic carbocycles. The van der Waals surface area contributed by atoms with Crippen molar-refractivity contribution in [3.63, 3.8) is 0 Å². The van der Waals surface area contributed by atoms with Crippen molar-refractivity contribution >= 4 is 34.1 Å². The summed E-state index contributed by atoms with van der Waals surface area (Å²) in [4.78, 5) is 8.90. The van der Waals surface area contributed by atoms with Crippen LogP contribution in [0.2, 0.25) is 5.02 Å². The van der Waals surface area contributed by atoms with Gasteiger partial charge in [-0.25, -0.2) is 9.97 Å². The quantitative estimate of drug-likeness (QED) is 0.752. The molecular formula is C15H12ClN3. The molecule has 2 heterocycles. The third-order valence-corrected chi connectivity index (χ3v) is 3.12. The Morgan fingerprint density at radius 2 is 1.68 bits per heavy atom. The van der Waals surface area contributed by atoms with Crippen LogP contribution < -0.4 is 5.32 Å². The summed E-state index contributed by atoms with van der Waals surface area (Å²) >= 11 is 6.15. The van der Waals surface area contributed by atoms with Gasteiger partial charge in [-0.2, -0.15) is 0 Å². The van der Waals surface area contributed by atoms with Crippen LogP contribution in [0.15, 0.2) is 48.5 Å². The third-order valence-electron chi connectivity index (χ3n) is 2.82. The maximum absolute atomic E-state index is 6.15. The minimum atomic E-state index is 0.651. The van der Waals surface area contributed by atoms with E-state index in [1.165, 1.54) is 0 Å². The van der Waals surface area contributed by atoms with Crippen LogP contribution in [0.3, 0.4) is 0 Å². The Bertz CT molecular complexity index is 740. The highest BCUT2D eigenvalue weighted by Crippen LogP contribution is 2.24. The first-order valence-corrected chi connectivity index (χ1v) is 6.36. The molecule has 0 saturated heterocycles. The van der Waals surface area contributed by atoms with E-state index in [0.29, 0.717) is 5.02 Å². The highest BCUT2D eigenvalue weighted by Gasteiger charge is 2.03. The number of hydrogen-bond donors (Lipinski definition) is 1. The summed E-state index contributed by atoms with van der Waals surface area (Å²) < 4.78 is 0. The van der Waals surface area contributed by atoms with Crippen LogP contribution in [0.4, 0.5) is 11.6 Å². The van der Waals surface area contributed by atoms with E-state index in [1.54, 1.807) is 0 Å². The average molecular weight is 270 g/mol. The average Bonchev–Trinajstić information content (AvgIpc) is 2.40. The SMILES string of the molecule is Cc1cccc(Nc2ccc3cccc(Cl)c3n2)n1. The van der Waals surface area contributed by atoms with E-state index in [4.69, 9.17) is 11.6 Å². The standard InChI is InChI=1S/C15H12ClN3/c1-10-4-2-7-13(17-10)18-14-9-8-11-5-3-6-12(16)15(11)19-14/h2-9H,1H3,(H,17,18,19). The first kappa shape index (κ1) is 11.9. The fraction of sp³-hybridized carbons (Fsp3) is 0.0667. The van der Waals surface area contributed by atoms with Gasteiger partial charge < -0.3 is 5.32 Å². The number of aryl methyl sites for hydroxylation is 1. The van der Waals surface area contributed by atoms with Crippen molar-refractivity contribution in [1.29, 1.82) is 0 Å². The van der Waals surface area contributed by atoms with Crippen LogP contribution in [0.5, 0.6) is 0 Å². The molecule has 0 aliphatic rings. The summed E-state index contributed by atoms with van der Waals surface area (Å²) in [6, 6.07) is 15.5. The number of rotatable bonds is 2. The van der Waals surface area contributed by atoms with Gasteiger partial charge in [-0.1, -0.05) is 29.8 Å². The van der Waals surface area contributed by atoms with Crippen molar-refractivity contribution in [2.75, 3.05) is 5.32 Å². The van der Waals surface area contributed by atoms with Crippen molar-refractivity contribution in [1.82, 2.24) is 9.97 Å². The Hall–Kier alpha value is -2.13. The van der Waals surface area contributed by atoms with Gasteiger partial charge in [0.2, 0.25) is 0 Å². The topological polar surface area (TPSA) is 37.8 Å². The van der Waals surface area contributed by atoms with Gasteiger partial charge in [0, 0.05) is 11.1 Å². The van der Waals surface area contributed by atoms with Gasteiger partial charge in [-0.15, -0.1) is 0 Å². The lowest BCUT2D eigenvalue weighted by Crippen LogP contribution is -1.97. The molecule has 0 bridgehead atoms. The molecule has 0 aliphatic heterocycles. The largest absolute Gasteiger partial charge is 0.325 e. The van der Waals surface area contributed by atoms with Crippen LogP contribution in [0, 0.1) is 6.92 Å². The number of pyridine rings is 2. The van der Waals surface area contributed by atoms with Crippen LogP contribution in [-0.2, 0) is 0 Å². The maximum atomic E-state index is 6.15. The highest BCUT2D eigenvalue weighted by atomic mass is 35.5. The maximum Gasteiger partial charge on any atom is 0.132 e. The molecule has 0 aliphatic carbocycles. The van der Waals surface area contributed by atoms with E-state index in [9.17, 15) is 0 Å². The summed E-state index contributed by atoms with van der Waals surface area (Å²) in [5, 5.41) is 4.86. The van der Waals surface area contributed by atoms with Gasteiger partial charge in [0.05, 0.1) is 10.5 Å². The number of aromatic nitrogens is 2. The predicted molar refractivity (Wildman–Crippen MR) is 79.0 cm³/mol. The molecule has 0 radical (unpaired) electrons. The lowest BCUT2D eigenvalue weighted by atomic mass is 10.2. The molecule has 3 aromatic rings. The van der Waals surface area contributed by atoms with Gasteiger partial charge in [0.15, 0.2) is 0 Å². The van der Waals surface area contributed by atoms with E-state index in [1.807, 2.05) is 55.5 Å². The zero-order valence-corrected chi connectivity index (χ0v) is 11.1. The molecule has 94 valence electrons. The Morgan fingerprint density at radius 1 is 0.895 bits per heavy atom. The lowest BCUT2D eigenvalue weighted by Gasteiger charge is -2.07. The molecule has 0 saturated carbocycles. The van der Waals surface area contributed by atoms with Gasteiger partial charge in [-0.3, -0.25) is 0 Å². The number of anilines is 2. The molecular weight excluding hydrogens is 258 g/mol. The zero-order chi connectivity index (χ0) is 13.2. The number of halogens is 1. The predicted octanol–water partition coefficient (Wildman–Crippen LogP) is 4.34. The fourth-order valence-corrected chi connectivity index (χ4v) is 2.15. The van der Waals surface area contributed by atoms with Gasteiger partial charge in [0.25, 0.3) is 0 Å². The second-order valence-corrected chi connectivity index (χ2v) is 4.70. The second-order valence-electron chi connectivity index (χ2n) is 4.30. The normalized spacial score (nSPS) is 10.6. The van der Waals surface area contributed by atoms with Crippen molar-refractivity contribution in [3.8, 4) is 0 Å². The number of hydrogen-bond acceptors (Lipinski definition) is 3. The Kier molecular flexibility index (Phi) is 3.05. The monoisotopic (exact) mass is 269 g/mol. The van der Waals surface area contributed by atoms with Crippen LogP contribution >= 0.6 is 11.6 Å². The van der Waals surface area contributed by atoms with Crippen LogP contribution in [0.1, 0.15) is 5.69 Å². The van der Waals surface area contributed by atoms with Gasteiger partial charge in [-0.05, 0) is 37.3 Å². The summed E-state index contributed by atoms with van der Waals surface area (Å²) in [6.45, 7) is 1.95. The number of para-hydroxylation sites is 1. The molecule has 0 spiro atoms. The van der Waals surface area contributed by atoms with Gasteiger partial charge >= 0.3 is 0 Å². The third kappa shape index (κ3) is 2.51. The molecule has 4 heteroatoms. The number of nitrogens with one attached hydrogen (secondary N) is 1. The van der Waals surface area contributed by atoms with E-state index in [-0.39, 0.29) is 0 Å². The molecule has 19 heavy (non-hydrogen) atoms. The van der Waals surface area contributed by atoms with E-state index < -0.39 is 0 Å². The summed E-state index contributed by atoms with van der Waals surface area (Å²) in [7, 11) is 0. The van der Waals surface area contributed by atoms with Crippen LogP contribution in [0.25, 0.3) is 10.9 Å². The Morgan fingerprint density at radius 3 is 2.53 bits per heavy atom. The van der Waals surface area contributed by atoms with Crippen molar-refractivity contribution in [3.05, 3.63) is 59.2 Å². The molecule has 0 fully saturated rings. The summed E-state index contributed by atoms with van der Waals surface area (Å²) in [6.07, 6.45) is 0. The number of benzene rings is 1. The zero-order valence-electron chi connectivity index (χ0n) is 10.4. The highest BCUT2D eigenvalue weighted by molar-refractivity contribution is 6.35. The summed E-state index contributed by atoms with van der Waals surface area (Å²) in [5.74, 6) is 1.51. The molecule has 0 amide bonds. The number of nitrogens with zero attached hydrogens (tertiary/aromatic N) is 2. The van der Waals surface area contributed by atoms with Gasteiger partial charge in [0.1, 0.15) is 11.6 Å². The molecule has 2 aromatic heterocycles. The van der Waals surface area contributed by atoms with Crippen molar-refractivity contribution in [2.24, 2.45) is 0 Å². The van der Waals surface area contributed by atoms with E-state index in [2.05, 4.69) is 15.3 Å². The van der Waals surface area contributed by atoms with Crippen molar-refractivity contribution in [2.45, 2.75) is 6.92 Å². The first-order valence-electron chi connectivity index (χ1n) is 5.98. The molecule has 3 rings (SSSR count). The smallest absolute Gasteiger partial charge is 0.132 e. The molecule has 3 nitrogen and oxygen atoms in total. The Balaban J connectivity index is 2.00. The Labute approximate surface area is 116 Å². The minimum absolute atomic E-state index is 0.651. The molecule has 0 atom stereocenters. The molecule has 0 unspecified atom stereocenters. The fourth-order valence-electron chi connectivity index (χ4n) is 1.92.